The van der Waals surface area contributed by atoms with Gasteiger partial charge in [-0.3, -0.25) is 4.72 Å². The Balaban J connectivity index is 1.59. The van der Waals surface area contributed by atoms with Gasteiger partial charge in [0.25, 0.3) is 0 Å². The van der Waals surface area contributed by atoms with Crippen LogP contribution in [0, 0.1) is 0 Å². The van der Waals surface area contributed by atoms with E-state index in [9.17, 15) is 16.8 Å². The number of sulfonamides is 2. The van der Waals surface area contributed by atoms with Gasteiger partial charge in [-0.25, -0.2) is 16.8 Å². The van der Waals surface area contributed by atoms with Crippen LogP contribution in [0.15, 0.2) is 53.4 Å². The Morgan fingerprint density at radius 1 is 0.923 bits per heavy atom. The second kappa shape index (κ2) is 6.37. The lowest BCUT2D eigenvalue weighted by Crippen LogP contribution is -2.36. The summed E-state index contributed by atoms with van der Waals surface area (Å²) in [5.41, 5.74) is 2.39. The monoisotopic (exact) mass is 392 g/mol. The van der Waals surface area contributed by atoms with Crippen molar-refractivity contribution in [2.24, 2.45) is 0 Å². The first kappa shape index (κ1) is 17.5. The van der Waals surface area contributed by atoms with Crippen LogP contribution < -0.4 is 4.72 Å². The average molecular weight is 393 g/mol. The number of hydrogen-bond donors (Lipinski definition) is 1. The van der Waals surface area contributed by atoms with Crippen molar-refractivity contribution in [1.29, 1.82) is 0 Å². The highest BCUT2D eigenvalue weighted by Gasteiger charge is 2.36. The van der Waals surface area contributed by atoms with E-state index in [2.05, 4.69) is 4.72 Å². The molecule has 2 aromatic rings. The predicted molar refractivity (Wildman–Crippen MR) is 99.7 cm³/mol. The van der Waals surface area contributed by atoms with Crippen molar-refractivity contribution in [3.05, 3.63) is 59.7 Å². The fraction of sp³-hybridized carbons (Fsp3) is 0.333. The van der Waals surface area contributed by atoms with Crippen LogP contribution in [-0.2, 0) is 33.0 Å². The maximum atomic E-state index is 12.8. The first-order chi connectivity index (χ1) is 12.4. The van der Waals surface area contributed by atoms with E-state index in [-0.39, 0.29) is 16.7 Å². The molecule has 26 heavy (non-hydrogen) atoms. The summed E-state index contributed by atoms with van der Waals surface area (Å²) in [6.07, 6.45) is 2.00. The Labute approximate surface area is 153 Å². The molecule has 0 aromatic heterocycles. The first-order valence-corrected chi connectivity index (χ1v) is 11.5. The van der Waals surface area contributed by atoms with E-state index < -0.39 is 20.0 Å². The summed E-state index contributed by atoms with van der Waals surface area (Å²) in [6, 6.07) is 13.7. The van der Waals surface area contributed by atoms with Crippen LogP contribution in [0.5, 0.6) is 0 Å². The van der Waals surface area contributed by atoms with Crippen molar-refractivity contribution in [3.63, 3.8) is 0 Å². The van der Waals surface area contributed by atoms with Gasteiger partial charge in [-0.15, -0.1) is 0 Å². The fourth-order valence-corrected chi connectivity index (χ4v) is 5.99. The lowest BCUT2D eigenvalue weighted by molar-refractivity contribution is 0.391. The molecule has 6 nitrogen and oxygen atoms in total. The summed E-state index contributed by atoms with van der Waals surface area (Å²) in [5, 5.41) is -0.298. The van der Waals surface area contributed by atoms with Crippen molar-refractivity contribution in [1.82, 2.24) is 4.31 Å². The molecular formula is C18H20N2O4S2. The van der Waals surface area contributed by atoms with Gasteiger partial charge in [0.1, 0.15) is 0 Å². The van der Waals surface area contributed by atoms with Gasteiger partial charge in [-0.1, -0.05) is 24.3 Å². The predicted octanol–water partition coefficient (Wildman–Crippen LogP) is 2.34. The summed E-state index contributed by atoms with van der Waals surface area (Å²) in [5.74, 6) is 0. The topological polar surface area (TPSA) is 83.6 Å². The van der Waals surface area contributed by atoms with Gasteiger partial charge in [0.05, 0.1) is 10.1 Å². The van der Waals surface area contributed by atoms with E-state index in [0.29, 0.717) is 31.5 Å². The number of nitrogens with zero attached hydrogens (tertiary/aromatic N) is 1. The van der Waals surface area contributed by atoms with E-state index in [1.54, 1.807) is 42.5 Å². The van der Waals surface area contributed by atoms with Gasteiger partial charge in [0.15, 0.2) is 0 Å². The number of hydrogen-bond acceptors (Lipinski definition) is 4. The molecule has 138 valence electrons. The zero-order valence-electron chi connectivity index (χ0n) is 14.1. The third kappa shape index (κ3) is 3.36. The molecule has 1 aliphatic carbocycles. The van der Waals surface area contributed by atoms with Gasteiger partial charge in [0.2, 0.25) is 20.0 Å². The molecule has 1 saturated carbocycles. The molecule has 1 fully saturated rings. The van der Waals surface area contributed by atoms with Gasteiger partial charge in [-0.2, -0.15) is 4.31 Å². The van der Waals surface area contributed by atoms with Crippen LogP contribution in [-0.4, -0.2) is 32.9 Å². The van der Waals surface area contributed by atoms with Crippen molar-refractivity contribution in [2.75, 3.05) is 11.3 Å². The minimum absolute atomic E-state index is 0.242. The van der Waals surface area contributed by atoms with E-state index in [0.717, 1.165) is 11.1 Å². The number of nitrogens with one attached hydrogen (secondary N) is 1. The lowest BCUT2D eigenvalue weighted by Gasteiger charge is -2.28. The number of fused-ring (bicyclic) bond motifs is 1. The van der Waals surface area contributed by atoms with E-state index >= 15 is 0 Å². The van der Waals surface area contributed by atoms with Crippen LogP contribution in [0.3, 0.4) is 0 Å². The fourth-order valence-electron chi connectivity index (χ4n) is 3.17. The first-order valence-electron chi connectivity index (χ1n) is 8.55. The molecular weight excluding hydrogens is 372 g/mol. The summed E-state index contributed by atoms with van der Waals surface area (Å²) in [7, 11) is -6.89. The number of rotatable bonds is 5. The third-order valence-corrected chi connectivity index (χ3v) is 8.52. The third-order valence-electron chi connectivity index (χ3n) is 4.79. The molecule has 2 aliphatic rings. The highest BCUT2D eigenvalue weighted by molar-refractivity contribution is 7.93. The van der Waals surface area contributed by atoms with E-state index in [1.807, 2.05) is 6.07 Å². The van der Waals surface area contributed by atoms with Gasteiger partial charge >= 0.3 is 0 Å². The molecule has 0 atom stereocenters. The second-order valence-corrected chi connectivity index (χ2v) is 10.6. The maximum Gasteiger partial charge on any atom is 0.243 e. The SMILES string of the molecule is O=S(=O)(Nc1ccc2c(c1)CN(S(=O)(=O)c1ccccc1)CC2)C1CC1. The van der Waals surface area contributed by atoms with Crippen molar-refractivity contribution in [2.45, 2.75) is 36.0 Å². The van der Waals surface area contributed by atoms with Crippen molar-refractivity contribution in [3.8, 4) is 0 Å². The number of anilines is 1. The average Bonchev–Trinajstić information content (AvgIpc) is 3.47. The van der Waals surface area contributed by atoms with Gasteiger partial charge in [0, 0.05) is 18.8 Å². The molecule has 2 aromatic carbocycles. The Hall–Kier alpha value is -1.90. The van der Waals surface area contributed by atoms with E-state index in [4.69, 9.17) is 0 Å². The second-order valence-electron chi connectivity index (χ2n) is 6.73. The molecule has 1 aliphatic heterocycles. The minimum Gasteiger partial charge on any atom is -0.283 e. The maximum absolute atomic E-state index is 12.8. The summed E-state index contributed by atoms with van der Waals surface area (Å²) < 4.78 is 54.0. The van der Waals surface area contributed by atoms with Crippen LogP contribution >= 0.6 is 0 Å². The smallest absolute Gasteiger partial charge is 0.243 e. The molecule has 4 rings (SSSR count). The molecule has 0 saturated heterocycles. The van der Waals surface area contributed by atoms with E-state index in [1.165, 1.54) is 4.31 Å². The Morgan fingerprint density at radius 2 is 1.65 bits per heavy atom. The number of benzene rings is 2. The molecule has 1 N–H and O–H groups in total. The molecule has 0 unspecified atom stereocenters. The van der Waals surface area contributed by atoms with Crippen LogP contribution in [0.4, 0.5) is 5.69 Å². The largest absolute Gasteiger partial charge is 0.283 e. The highest BCUT2D eigenvalue weighted by atomic mass is 32.2. The summed E-state index contributed by atoms with van der Waals surface area (Å²) in [6.45, 7) is 0.656. The minimum atomic E-state index is -3.56. The molecule has 0 spiro atoms. The summed E-state index contributed by atoms with van der Waals surface area (Å²) in [4.78, 5) is 0.272. The standard InChI is InChI=1S/C18H20N2O4S2/c21-25(22,17-8-9-17)19-16-7-6-14-10-11-20(13-15(14)12-16)26(23,24)18-4-2-1-3-5-18/h1-7,12,17,19H,8-11,13H2. The van der Waals surface area contributed by atoms with Crippen LogP contribution in [0.2, 0.25) is 0 Å². The van der Waals surface area contributed by atoms with Gasteiger partial charge < -0.3 is 0 Å². The molecule has 0 bridgehead atoms. The van der Waals surface area contributed by atoms with Crippen LogP contribution in [0.25, 0.3) is 0 Å². The zero-order chi connectivity index (χ0) is 18.4. The van der Waals surface area contributed by atoms with Gasteiger partial charge in [-0.05, 0) is 54.7 Å². The molecule has 0 amide bonds. The quantitative estimate of drug-likeness (QED) is 0.847. The molecule has 1 heterocycles. The Kier molecular flexibility index (Phi) is 4.29. The lowest BCUT2D eigenvalue weighted by atomic mass is 10.0. The molecule has 0 radical (unpaired) electrons. The highest BCUT2D eigenvalue weighted by Crippen LogP contribution is 2.31. The summed E-state index contributed by atoms with van der Waals surface area (Å²) >= 11 is 0. The van der Waals surface area contributed by atoms with Crippen molar-refractivity contribution >= 4 is 25.7 Å². The molecule has 8 heteroatoms. The van der Waals surface area contributed by atoms with Crippen LogP contribution in [0.1, 0.15) is 24.0 Å². The zero-order valence-corrected chi connectivity index (χ0v) is 15.8. The van der Waals surface area contributed by atoms with Crippen molar-refractivity contribution < 1.29 is 16.8 Å². The normalized spacial score (nSPS) is 18.3. The Bertz CT molecular complexity index is 1030. The Morgan fingerprint density at radius 3 is 2.35 bits per heavy atom.